The minimum Gasteiger partial charge on any atom is -0.387 e. The molecule has 0 spiro atoms. The van der Waals surface area contributed by atoms with Crippen molar-refractivity contribution in [2.45, 2.75) is 31.0 Å². The van der Waals surface area contributed by atoms with Crippen LogP contribution >= 0.6 is 0 Å². The quantitative estimate of drug-likeness (QED) is 0.552. The Morgan fingerprint density at radius 2 is 2.26 bits per heavy atom. The van der Waals surface area contributed by atoms with Gasteiger partial charge in [-0.05, 0) is 6.92 Å². The highest BCUT2D eigenvalue weighted by Crippen LogP contribution is 2.36. The second-order valence-electron chi connectivity index (χ2n) is 4.39. The van der Waals surface area contributed by atoms with E-state index in [1.54, 1.807) is 0 Å². The average Bonchev–Trinajstić information content (AvgIpc) is 2.90. The Hall–Kier alpha value is -1.11. The molecule has 0 bridgehead atoms. The van der Waals surface area contributed by atoms with Crippen molar-refractivity contribution in [2.75, 3.05) is 6.61 Å². The smallest absolute Gasteiger partial charge is 0.333 e. The molecular weight excluding hydrogens is 280 g/mol. The summed E-state index contributed by atoms with van der Waals surface area (Å²) in [5.41, 5.74) is -1.44. The average molecular weight is 294 g/mol. The van der Waals surface area contributed by atoms with Crippen LogP contribution < -0.4 is 5.14 Å². The van der Waals surface area contributed by atoms with Crippen molar-refractivity contribution >= 4 is 10.3 Å². The molecule has 4 atom stereocenters. The molecule has 0 radical (unpaired) electrons. The SMILES string of the molecule is C[C@]1(COS(N)(=O)=O)O[C@@H](n2ccnn2)[C@H](O)[C@@H]1O. The second-order valence-corrected chi connectivity index (χ2v) is 5.62. The molecule has 19 heavy (non-hydrogen) atoms. The van der Waals surface area contributed by atoms with E-state index in [1.165, 1.54) is 24.0 Å². The molecule has 0 amide bonds. The van der Waals surface area contributed by atoms with Gasteiger partial charge in [0.1, 0.15) is 17.8 Å². The maximum Gasteiger partial charge on any atom is 0.333 e. The van der Waals surface area contributed by atoms with Crippen LogP contribution in [-0.2, 0) is 19.2 Å². The number of ether oxygens (including phenoxy) is 1. The Morgan fingerprint density at radius 1 is 1.58 bits per heavy atom. The minimum absolute atomic E-state index is 0.532. The van der Waals surface area contributed by atoms with Gasteiger partial charge in [-0.25, -0.2) is 9.82 Å². The molecule has 1 fully saturated rings. The zero-order valence-electron chi connectivity index (χ0n) is 9.95. The highest BCUT2D eigenvalue weighted by molar-refractivity contribution is 7.84. The topological polar surface area (TPSA) is 150 Å². The summed E-state index contributed by atoms with van der Waals surface area (Å²) < 4.78 is 32.6. The predicted molar refractivity (Wildman–Crippen MR) is 59.6 cm³/mol. The Labute approximate surface area is 109 Å². The molecule has 0 unspecified atom stereocenters. The molecule has 1 aromatic rings. The Balaban J connectivity index is 2.15. The van der Waals surface area contributed by atoms with Crippen LogP contribution in [0.2, 0.25) is 0 Å². The Morgan fingerprint density at radius 3 is 2.79 bits per heavy atom. The molecule has 1 aliphatic heterocycles. The fourth-order valence-electron chi connectivity index (χ4n) is 1.81. The number of hydrogen-bond donors (Lipinski definition) is 3. The largest absolute Gasteiger partial charge is 0.387 e. The van der Waals surface area contributed by atoms with Crippen molar-refractivity contribution in [3.8, 4) is 0 Å². The molecule has 1 aromatic heterocycles. The summed E-state index contributed by atoms with van der Waals surface area (Å²) in [5.74, 6) is 0. The van der Waals surface area contributed by atoms with Crippen molar-refractivity contribution in [2.24, 2.45) is 5.14 Å². The molecule has 2 heterocycles. The van der Waals surface area contributed by atoms with Gasteiger partial charge in [0.05, 0.1) is 12.8 Å². The summed E-state index contributed by atoms with van der Waals surface area (Å²) in [7, 11) is -4.17. The number of aliphatic hydroxyl groups is 2. The third-order valence-corrected chi connectivity index (χ3v) is 3.29. The van der Waals surface area contributed by atoms with Crippen LogP contribution in [0.1, 0.15) is 13.2 Å². The normalized spacial score (nSPS) is 35.7. The van der Waals surface area contributed by atoms with E-state index in [-0.39, 0.29) is 0 Å². The number of rotatable bonds is 4. The van der Waals surface area contributed by atoms with Gasteiger partial charge in [0.2, 0.25) is 0 Å². The van der Waals surface area contributed by atoms with Gasteiger partial charge >= 0.3 is 10.3 Å². The third kappa shape index (κ3) is 2.91. The van der Waals surface area contributed by atoms with E-state index >= 15 is 0 Å². The van der Waals surface area contributed by atoms with E-state index in [0.717, 1.165) is 0 Å². The van der Waals surface area contributed by atoms with Gasteiger partial charge in [-0.1, -0.05) is 5.21 Å². The molecule has 1 aliphatic rings. The molecule has 2 rings (SSSR count). The van der Waals surface area contributed by atoms with E-state index in [2.05, 4.69) is 14.5 Å². The van der Waals surface area contributed by atoms with E-state index in [4.69, 9.17) is 9.88 Å². The van der Waals surface area contributed by atoms with Gasteiger partial charge in [0.25, 0.3) is 0 Å². The lowest BCUT2D eigenvalue weighted by atomic mass is 9.99. The van der Waals surface area contributed by atoms with Crippen molar-refractivity contribution in [3.05, 3.63) is 12.4 Å². The monoisotopic (exact) mass is 294 g/mol. The molecule has 108 valence electrons. The highest BCUT2D eigenvalue weighted by atomic mass is 32.2. The fourth-order valence-corrected chi connectivity index (χ4v) is 2.21. The van der Waals surface area contributed by atoms with Crippen LogP contribution in [0.5, 0.6) is 0 Å². The summed E-state index contributed by atoms with van der Waals surface area (Å²) in [6.45, 7) is 0.859. The Kier molecular flexibility index (Phi) is 3.59. The summed E-state index contributed by atoms with van der Waals surface area (Å²) in [4.78, 5) is 0. The lowest BCUT2D eigenvalue weighted by Crippen LogP contribution is -2.45. The fraction of sp³-hybridized carbons (Fsp3) is 0.750. The maximum absolute atomic E-state index is 10.8. The van der Waals surface area contributed by atoms with Crippen LogP contribution in [0, 0.1) is 0 Å². The lowest BCUT2D eigenvalue weighted by Gasteiger charge is -2.26. The van der Waals surface area contributed by atoms with Gasteiger partial charge in [-0.2, -0.15) is 8.42 Å². The molecule has 1 saturated heterocycles. The van der Waals surface area contributed by atoms with Gasteiger partial charge in [0, 0.05) is 6.20 Å². The summed E-state index contributed by atoms with van der Waals surface area (Å²) >= 11 is 0. The van der Waals surface area contributed by atoms with Gasteiger partial charge in [-0.3, -0.25) is 4.18 Å². The number of aliphatic hydroxyl groups excluding tert-OH is 2. The van der Waals surface area contributed by atoms with Crippen LogP contribution in [0.25, 0.3) is 0 Å². The van der Waals surface area contributed by atoms with E-state index in [9.17, 15) is 18.6 Å². The summed E-state index contributed by atoms with van der Waals surface area (Å²) in [6, 6.07) is 0. The molecule has 0 saturated carbocycles. The second kappa shape index (κ2) is 4.77. The number of hydrogen-bond acceptors (Lipinski definition) is 8. The summed E-state index contributed by atoms with van der Waals surface area (Å²) in [6.07, 6.45) is -0.864. The molecule has 10 nitrogen and oxygen atoms in total. The van der Waals surface area contributed by atoms with E-state index in [1.807, 2.05) is 0 Å². The molecule has 11 heteroatoms. The first-order chi connectivity index (χ1) is 8.73. The highest BCUT2D eigenvalue weighted by Gasteiger charge is 2.53. The van der Waals surface area contributed by atoms with Crippen molar-refractivity contribution in [3.63, 3.8) is 0 Å². The number of nitrogens with zero attached hydrogens (tertiary/aromatic N) is 3. The Bertz CT molecular complexity index is 533. The molecule has 0 aliphatic carbocycles. The van der Waals surface area contributed by atoms with Crippen LogP contribution in [0.3, 0.4) is 0 Å². The predicted octanol–water partition coefficient (Wildman–Crippen LogP) is -2.49. The van der Waals surface area contributed by atoms with E-state index < -0.39 is 40.9 Å². The van der Waals surface area contributed by atoms with Gasteiger partial charge < -0.3 is 14.9 Å². The first-order valence-electron chi connectivity index (χ1n) is 5.30. The van der Waals surface area contributed by atoms with E-state index in [0.29, 0.717) is 0 Å². The summed E-state index contributed by atoms with van der Waals surface area (Å²) in [5, 5.41) is 31.7. The van der Waals surface area contributed by atoms with Crippen LogP contribution in [0.15, 0.2) is 12.4 Å². The number of nitrogens with two attached hydrogens (primary N) is 1. The molecule has 0 aromatic carbocycles. The molecule has 4 N–H and O–H groups in total. The first kappa shape index (κ1) is 14.3. The first-order valence-corrected chi connectivity index (χ1v) is 6.77. The minimum atomic E-state index is -4.17. The molecular formula is C8H14N4O6S. The van der Waals surface area contributed by atoms with Crippen molar-refractivity contribution in [1.82, 2.24) is 15.0 Å². The third-order valence-electron chi connectivity index (χ3n) is 2.84. The number of aromatic nitrogens is 3. The zero-order chi connectivity index (χ0) is 14.3. The van der Waals surface area contributed by atoms with Gasteiger partial charge in [0.15, 0.2) is 6.23 Å². The van der Waals surface area contributed by atoms with Crippen LogP contribution in [0.4, 0.5) is 0 Å². The van der Waals surface area contributed by atoms with Crippen molar-refractivity contribution in [1.29, 1.82) is 0 Å². The standard InChI is InChI=1S/C8H14N4O6S/c1-8(4-17-19(9,15)16)6(14)5(13)7(18-8)12-3-2-10-11-12/h2-3,5-7,13-14H,4H2,1H3,(H2,9,15,16)/t5-,6+,7-,8-/m1/s1. The lowest BCUT2D eigenvalue weighted by molar-refractivity contribution is -0.114. The maximum atomic E-state index is 10.8. The van der Waals surface area contributed by atoms with Crippen LogP contribution in [-0.4, -0.2) is 58.0 Å². The zero-order valence-corrected chi connectivity index (χ0v) is 10.8. The van der Waals surface area contributed by atoms with Crippen molar-refractivity contribution < 1.29 is 27.6 Å². The van der Waals surface area contributed by atoms with Gasteiger partial charge in [-0.15, -0.1) is 5.10 Å².